The van der Waals surface area contributed by atoms with Crippen LogP contribution in [0.1, 0.15) is 11.7 Å². The predicted molar refractivity (Wildman–Crippen MR) is 87.3 cm³/mol. The largest absolute Gasteiger partial charge is 0.471 e. The van der Waals surface area contributed by atoms with Gasteiger partial charge in [0.25, 0.3) is 0 Å². The maximum absolute atomic E-state index is 12.5. The van der Waals surface area contributed by atoms with E-state index in [1.807, 2.05) is 0 Å². The highest BCUT2D eigenvalue weighted by Crippen LogP contribution is 2.29. The summed E-state index contributed by atoms with van der Waals surface area (Å²) in [6, 6.07) is 3.50. The molecule has 0 aliphatic heterocycles. The standard InChI is InChI=1S/C15H10F3N9O/c16-15(17,18)13-25-12(27-28-13)8-5-20-11(21-6-8)7-22-14-19-3-1-9(24-14)10-2-4-23-26-10/h1-6H,7H2,(H,23,26)(H,19,22,24). The molecule has 0 atom stereocenters. The third kappa shape index (κ3) is 3.77. The van der Waals surface area contributed by atoms with E-state index in [1.54, 1.807) is 24.5 Å². The van der Waals surface area contributed by atoms with Crippen LogP contribution in [0, 0.1) is 0 Å². The summed E-state index contributed by atoms with van der Waals surface area (Å²) in [6.07, 6.45) is 1.10. The summed E-state index contributed by atoms with van der Waals surface area (Å²) >= 11 is 0. The molecule has 4 heterocycles. The number of aromatic amines is 1. The van der Waals surface area contributed by atoms with Gasteiger partial charge in [0.1, 0.15) is 5.82 Å². The number of aromatic nitrogens is 8. The third-order valence-corrected chi connectivity index (χ3v) is 3.47. The molecule has 0 aromatic carbocycles. The zero-order valence-corrected chi connectivity index (χ0v) is 13.8. The lowest BCUT2D eigenvalue weighted by molar-refractivity contribution is -0.159. The molecular formula is C15H10F3N9O. The van der Waals surface area contributed by atoms with E-state index < -0.39 is 12.1 Å². The number of nitrogens with one attached hydrogen (secondary N) is 2. The fraction of sp³-hybridized carbons (Fsp3) is 0.133. The van der Waals surface area contributed by atoms with Gasteiger partial charge in [-0.1, -0.05) is 5.16 Å². The first-order chi connectivity index (χ1) is 13.5. The molecule has 13 heteroatoms. The molecule has 4 rings (SSSR count). The Kier molecular flexibility index (Phi) is 4.39. The summed E-state index contributed by atoms with van der Waals surface area (Å²) < 4.78 is 41.7. The van der Waals surface area contributed by atoms with Crippen molar-refractivity contribution in [2.24, 2.45) is 0 Å². The number of rotatable bonds is 5. The van der Waals surface area contributed by atoms with Crippen molar-refractivity contribution in [2.45, 2.75) is 12.7 Å². The highest BCUT2D eigenvalue weighted by molar-refractivity contribution is 5.54. The minimum absolute atomic E-state index is 0.195. The Hall–Kier alpha value is -3.90. The topological polar surface area (TPSA) is 131 Å². The molecule has 4 aromatic rings. The van der Waals surface area contributed by atoms with Crippen LogP contribution < -0.4 is 5.32 Å². The number of anilines is 1. The summed E-state index contributed by atoms with van der Waals surface area (Å²) in [5.41, 5.74) is 1.59. The number of alkyl halides is 3. The van der Waals surface area contributed by atoms with Gasteiger partial charge in [-0.2, -0.15) is 23.3 Å². The van der Waals surface area contributed by atoms with E-state index >= 15 is 0 Å². The molecule has 0 saturated heterocycles. The van der Waals surface area contributed by atoms with E-state index in [0.717, 1.165) is 5.69 Å². The minimum atomic E-state index is -4.71. The lowest BCUT2D eigenvalue weighted by atomic mass is 10.3. The fourth-order valence-corrected chi connectivity index (χ4v) is 2.17. The van der Waals surface area contributed by atoms with Gasteiger partial charge >= 0.3 is 12.1 Å². The van der Waals surface area contributed by atoms with Crippen molar-refractivity contribution in [2.75, 3.05) is 5.32 Å². The van der Waals surface area contributed by atoms with E-state index in [1.165, 1.54) is 12.4 Å². The van der Waals surface area contributed by atoms with Crippen LogP contribution in [0.25, 0.3) is 22.8 Å². The average molecular weight is 389 g/mol. The van der Waals surface area contributed by atoms with Crippen molar-refractivity contribution in [1.29, 1.82) is 0 Å². The van der Waals surface area contributed by atoms with Gasteiger partial charge < -0.3 is 9.84 Å². The first kappa shape index (κ1) is 17.5. The van der Waals surface area contributed by atoms with E-state index in [-0.39, 0.29) is 17.9 Å². The van der Waals surface area contributed by atoms with Crippen LogP contribution in [0.4, 0.5) is 19.1 Å². The molecule has 10 nitrogen and oxygen atoms in total. The second kappa shape index (κ2) is 7.02. The maximum atomic E-state index is 12.5. The van der Waals surface area contributed by atoms with Gasteiger partial charge in [-0.15, -0.1) is 0 Å². The Bertz CT molecular complexity index is 1060. The van der Waals surface area contributed by atoms with Crippen LogP contribution in [0.2, 0.25) is 0 Å². The molecule has 0 bridgehead atoms. The summed E-state index contributed by atoms with van der Waals surface area (Å²) in [4.78, 5) is 19.9. The molecule has 0 spiro atoms. The zero-order valence-electron chi connectivity index (χ0n) is 13.8. The van der Waals surface area contributed by atoms with Crippen LogP contribution >= 0.6 is 0 Å². The van der Waals surface area contributed by atoms with Gasteiger partial charge in [0.05, 0.1) is 23.5 Å². The van der Waals surface area contributed by atoms with E-state index in [0.29, 0.717) is 17.5 Å². The zero-order chi connectivity index (χ0) is 19.6. The number of halogens is 3. The minimum Gasteiger partial charge on any atom is -0.347 e. The highest BCUT2D eigenvalue weighted by Gasteiger charge is 2.38. The molecule has 0 aliphatic rings. The van der Waals surface area contributed by atoms with Crippen molar-refractivity contribution in [3.05, 3.63) is 48.6 Å². The van der Waals surface area contributed by atoms with Crippen molar-refractivity contribution >= 4 is 5.95 Å². The van der Waals surface area contributed by atoms with Crippen LogP contribution in [-0.4, -0.2) is 40.3 Å². The SMILES string of the molecule is FC(F)(F)c1nc(-c2cnc(CNc3nccc(-c4ccn[nH]4)n3)nc2)no1. The van der Waals surface area contributed by atoms with Crippen LogP contribution in [0.15, 0.2) is 41.4 Å². The molecule has 2 N–H and O–H groups in total. The Balaban J connectivity index is 1.43. The maximum Gasteiger partial charge on any atom is 0.471 e. The van der Waals surface area contributed by atoms with Crippen molar-refractivity contribution < 1.29 is 17.7 Å². The first-order valence-corrected chi connectivity index (χ1v) is 7.78. The molecule has 0 unspecified atom stereocenters. The molecule has 4 aromatic heterocycles. The van der Waals surface area contributed by atoms with E-state index in [9.17, 15) is 13.2 Å². The highest BCUT2D eigenvalue weighted by atomic mass is 19.4. The average Bonchev–Trinajstić information content (AvgIpc) is 3.39. The number of hydrogen-bond acceptors (Lipinski definition) is 9. The second-order valence-corrected chi connectivity index (χ2v) is 5.40. The summed E-state index contributed by atoms with van der Waals surface area (Å²) in [6.45, 7) is 0.201. The quantitative estimate of drug-likeness (QED) is 0.528. The molecule has 0 radical (unpaired) electrons. The normalized spacial score (nSPS) is 11.5. The monoisotopic (exact) mass is 389 g/mol. The van der Waals surface area contributed by atoms with E-state index in [2.05, 4.69) is 50.1 Å². The van der Waals surface area contributed by atoms with Gasteiger partial charge in [0.2, 0.25) is 11.8 Å². The molecule has 0 amide bonds. The number of H-pyrrole nitrogens is 1. The Morgan fingerprint density at radius 1 is 1.04 bits per heavy atom. The molecule has 142 valence electrons. The molecule has 0 saturated carbocycles. The van der Waals surface area contributed by atoms with Gasteiger partial charge in [-0.05, 0) is 12.1 Å². The summed E-state index contributed by atoms with van der Waals surface area (Å²) in [5, 5.41) is 12.9. The smallest absolute Gasteiger partial charge is 0.347 e. The Morgan fingerprint density at radius 2 is 1.86 bits per heavy atom. The third-order valence-electron chi connectivity index (χ3n) is 3.47. The van der Waals surface area contributed by atoms with Gasteiger partial charge in [-0.25, -0.2) is 19.9 Å². The van der Waals surface area contributed by atoms with Crippen LogP contribution in [0.3, 0.4) is 0 Å². The molecular weight excluding hydrogens is 379 g/mol. The first-order valence-electron chi connectivity index (χ1n) is 7.78. The number of hydrogen-bond donors (Lipinski definition) is 2. The van der Waals surface area contributed by atoms with Crippen molar-refractivity contribution in [1.82, 2.24) is 40.3 Å². The Morgan fingerprint density at radius 3 is 2.54 bits per heavy atom. The molecule has 0 fully saturated rings. The molecule has 0 aliphatic carbocycles. The lowest BCUT2D eigenvalue weighted by Crippen LogP contribution is -2.07. The van der Waals surface area contributed by atoms with Crippen molar-refractivity contribution in [3.63, 3.8) is 0 Å². The summed E-state index contributed by atoms with van der Waals surface area (Å²) in [5.74, 6) is -0.948. The van der Waals surface area contributed by atoms with Crippen LogP contribution in [0.5, 0.6) is 0 Å². The van der Waals surface area contributed by atoms with Gasteiger partial charge in [-0.3, -0.25) is 5.10 Å². The van der Waals surface area contributed by atoms with Gasteiger partial charge in [0, 0.05) is 24.8 Å². The Labute approximate surface area is 154 Å². The molecule has 28 heavy (non-hydrogen) atoms. The lowest BCUT2D eigenvalue weighted by Gasteiger charge is -2.05. The van der Waals surface area contributed by atoms with Gasteiger partial charge in [0.15, 0.2) is 0 Å². The number of nitrogens with zero attached hydrogens (tertiary/aromatic N) is 7. The summed E-state index contributed by atoms with van der Waals surface area (Å²) in [7, 11) is 0. The predicted octanol–water partition coefficient (Wildman–Crippen LogP) is 2.34. The van der Waals surface area contributed by atoms with E-state index in [4.69, 9.17) is 0 Å². The van der Waals surface area contributed by atoms with Crippen molar-refractivity contribution in [3.8, 4) is 22.8 Å². The second-order valence-electron chi connectivity index (χ2n) is 5.40. The van der Waals surface area contributed by atoms with Crippen LogP contribution in [-0.2, 0) is 12.7 Å². The fourth-order valence-electron chi connectivity index (χ4n) is 2.17.